The van der Waals surface area contributed by atoms with Gasteiger partial charge in [-0.15, -0.1) is 0 Å². The van der Waals surface area contributed by atoms with Gasteiger partial charge in [0.25, 0.3) is 0 Å². The van der Waals surface area contributed by atoms with E-state index in [0.717, 1.165) is 24.8 Å². The molecule has 0 aromatic rings. The summed E-state index contributed by atoms with van der Waals surface area (Å²) in [6, 6.07) is 0. The van der Waals surface area contributed by atoms with Crippen molar-refractivity contribution < 1.29 is 84.3 Å². The van der Waals surface area contributed by atoms with E-state index in [0.29, 0.717) is 32.1 Å². The minimum absolute atomic E-state index is 0.107. The topological polar surface area (TPSA) is 275 Å². The summed E-state index contributed by atoms with van der Waals surface area (Å²) in [6.45, 7) is 6.32. The van der Waals surface area contributed by atoms with Gasteiger partial charge in [0.15, 0.2) is 12.6 Å². The molecule has 3 saturated carbocycles. The highest BCUT2D eigenvalue weighted by Gasteiger charge is 2.68. The van der Waals surface area contributed by atoms with Gasteiger partial charge in [-0.05, 0) is 94.0 Å². The summed E-state index contributed by atoms with van der Waals surface area (Å²) in [5, 5.41) is 104. The third-order valence-electron chi connectivity index (χ3n) is 14.8. The molecule has 1 spiro atoms. The highest BCUT2D eigenvalue weighted by Crippen LogP contribution is 2.72. The average Bonchev–Trinajstić information content (AvgIpc) is 3.35. The van der Waals surface area contributed by atoms with Gasteiger partial charge in [-0.3, -0.25) is 4.79 Å². The van der Waals surface area contributed by atoms with Crippen LogP contribution in [0, 0.1) is 28.1 Å². The lowest BCUT2D eigenvalue weighted by molar-refractivity contribution is -0.376. The molecule has 10 N–H and O–H groups in total. The molecule has 6 fully saturated rings. The lowest BCUT2D eigenvalue weighted by Crippen LogP contribution is -2.65. The number of fused-ring (bicyclic) bond motifs is 3. The molecule has 7 rings (SSSR count). The van der Waals surface area contributed by atoms with Crippen LogP contribution in [0.15, 0.2) is 11.6 Å². The molecule has 3 saturated heterocycles. The van der Waals surface area contributed by atoms with Gasteiger partial charge in [0.1, 0.15) is 67.1 Å². The quantitative estimate of drug-likeness (QED) is 0.0730. The molecule has 17 nitrogen and oxygen atoms in total. The number of allylic oxidation sites excluding steroid dienone is 1. The number of hydrogen-bond donors (Lipinski definition) is 10. The summed E-state index contributed by atoms with van der Waals surface area (Å²) in [6.07, 6.45) is -14.5. The molecular weight excluding hydrogens is 728 g/mol. The number of aliphatic hydroxyl groups excluding tert-OH is 10. The smallest absolute Gasteiger partial charge is 0.314 e. The molecule has 2 bridgehead atoms. The van der Waals surface area contributed by atoms with E-state index in [2.05, 4.69) is 13.0 Å². The first-order chi connectivity index (χ1) is 25.9. The molecule has 7 aliphatic rings. The van der Waals surface area contributed by atoms with Crippen molar-refractivity contribution in [1.29, 1.82) is 0 Å². The minimum atomic E-state index is -1.70. The Morgan fingerprint density at radius 2 is 1.33 bits per heavy atom. The molecule has 314 valence electrons. The largest absolute Gasteiger partial charge is 0.432 e. The zero-order chi connectivity index (χ0) is 40.0. The van der Waals surface area contributed by atoms with Gasteiger partial charge < -0.3 is 79.5 Å². The molecule has 0 amide bonds. The van der Waals surface area contributed by atoms with Gasteiger partial charge in [-0.25, -0.2) is 0 Å². The van der Waals surface area contributed by atoms with E-state index >= 15 is 0 Å². The van der Waals surface area contributed by atoms with Crippen molar-refractivity contribution in [3.8, 4) is 0 Å². The number of aliphatic hydroxyl groups is 10. The Balaban J connectivity index is 1.10. The molecule has 3 aliphatic heterocycles. The summed E-state index contributed by atoms with van der Waals surface area (Å²) in [4.78, 5) is 14.1. The fraction of sp³-hybridized carbons (Fsp3) is 0.921. The maximum absolute atomic E-state index is 14.1. The summed E-state index contributed by atoms with van der Waals surface area (Å²) in [7, 11) is 0. The fourth-order valence-corrected chi connectivity index (χ4v) is 11.8. The summed E-state index contributed by atoms with van der Waals surface area (Å²) in [5.74, 6) is -0.549. The third-order valence-corrected chi connectivity index (χ3v) is 14.8. The van der Waals surface area contributed by atoms with Crippen LogP contribution in [0.1, 0.15) is 79.1 Å². The van der Waals surface area contributed by atoms with E-state index in [1.54, 1.807) is 0 Å². The molecule has 0 radical (unpaired) electrons. The second-order valence-corrected chi connectivity index (χ2v) is 17.9. The Labute approximate surface area is 319 Å². The van der Waals surface area contributed by atoms with Gasteiger partial charge in [-0.1, -0.05) is 19.4 Å². The minimum Gasteiger partial charge on any atom is -0.432 e. The van der Waals surface area contributed by atoms with Gasteiger partial charge in [0.05, 0.1) is 30.3 Å². The lowest BCUT2D eigenvalue weighted by Gasteiger charge is -2.64. The van der Waals surface area contributed by atoms with E-state index in [1.807, 2.05) is 13.8 Å². The van der Waals surface area contributed by atoms with E-state index in [1.165, 1.54) is 6.92 Å². The lowest BCUT2D eigenvalue weighted by atomic mass is 9.40. The SMILES string of the molecule is CC1=CC23CCC4[C@](C)(CCC[C@@]4(C)C(=O)O[C@@H]4O[C@H](CO)[C@@H](O)[C@H](O)[C@H]4O)C2CC[C@@]1(O[C@@H]1O[C@H](CO)[C@@H](O)[C@H](O)[C@H]1O[C@@H]1O[C@@H](C)[C@H](O)[C@@H](O)[C@H]1O)C3. The molecule has 0 aromatic carbocycles. The van der Waals surface area contributed by atoms with Gasteiger partial charge in [0.2, 0.25) is 6.29 Å². The van der Waals surface area contributed by atoms with Crippen LogP contribution in [0.5, 0.6) is 0 Å². The van der Waals surface area contributed by atoms with Crippen molar-refractivity contribution in [3.05, 3.63) is 11.6 Å². The Hall–Kier alpha value is -1.39. The number of rotatable bonds is 8. The molecule has 4 aliphatic carbocycles. The standard InChI is InChI=1S/C38H60O17/c1-16-12-37-10-6-20-35(3,8-5-9-36(20,4)34(49)54-32-29(48)26(45)23(42)18(13-39)51-32)21(37)7-11-38(16,15-37)55-33-30(27(46)24(43)19(14-40)52-33)53-31-28(47)25(44)22(41)17(2)50-31/h12,17-33,39-48H,5-11,13-15H2,1-4H3/t17-,18+,19+,20?,21?,22-,23+,24+,25+,26-,27-,28+,29+,30+,31-,32-,33-,35-,36+,37?,38+/m0/s1. The Morgan fingerprint density at radius 1 is 0.727 bits per heavy atom. The normalized spacial score (nSPS) is 55.2. The first-order valence-electron chi connectivity index (χ1n) is 19.7. The first-order valence-corrected chi connectivity index (χ1v) is 19.7. The van der Waals surface area contributed by atoms with Crippen molar-refractivity contribution >= 4 is 5.97 Å². The van der Waals surface area contributed by atoms with Crippen molar-refractivity contribution in [1.82, 2.24) is 0 Å². The molecule has 0 aromatic heterocycles. The molecule has 21 atom stereocenters. The van der Waals surface area contributed by atoms with Gasteiger partial charge in [-0.2, -0.15) is 0 Å². The second kappa shape index (κ2) is 15.0. The van der Waals surface area contributed by atoms with Crippen LogP contribution >= 0.6 is 0 Å². The second-order valence-electron chi connectivity index (χ2n) is 17.9. The third kappa shape index (κ3) is 6.63. The van der Waals surface area contributed by atoms with Crippen LogP contribution in [-0.4, -0.2) is 168 Å². The van der Waals surface area contributed by atoms with Crippen LogP contribution in [0.2, 0.25) is 0 Å². The van der Waals surface area contributed by atoms with E-state index in [4.69, 9.17) is 28.4 Å². The zero-order valence-electron chi connectivity index (χ0n) is 31.8. The number of carbonyl (C=O) groups is 1. The average molecular weight is 789 g/mol. The molecule has 55 heavy (non-hydrogen) atoms. The number of ether oxygens (including phenoxy) is 6. The van der Waals surface area contributed by atoms with Gasteiger partial charge >= 0.3 is 5.97 Å². The van der Waals surface area contributed by atoms with Crippen LogP contribution in [-0.2, 0) is 33.2 Å². The van der Waals surface area contributed by atoms with E-state index in [-0.39, 0.29) is 22.7 Å². The van der Waals surface area contributed by atoms with Gasteiger partial charge in [0, 0.05) is 0 Å². The van der Waals surface area contributed by atoms with Crippen molar-refractivity contribution in [2.45, 2.75) is 177 Å². The summed E-state index contributed by atoms with van der Waals surface area (Å²) < 4.78 is 35.9. The maximum atomic E-state index is 14.1. The highest BCUT2D eigenvalue weighted by molar-refractivity contribution is 5.77. The fourth-order valence-electron chi connectivity index (χ4n) is 11.8. The van der Waals surface area contributed by atoms with E-state index in [9.17, 15) is 55.9 Å². The summed E-state index contributed by atoms with van der Waals surface area (Å²) >= 11 is 0. The maximum Gasteiger partial charge on any atom is 0.314 e. The van der Waals surface area contributed by atoms with Crippen LogP contribution in [0.4, 0.5) is 0 Å². The summed E-state index contributed by atoms with van der Waals surface area (Å²) in [5.41, 5.74) is -1.55. The monoisotopic (exact) mass is 788 g/mol. The number of esters is 1. The van der Waals surface area contributed by atoms with Crippen LogP contribution in [0.3, 0.4) is 0 Å². The molecule has 17 heteroatoms. The Kier molecular flexibility index (Phi) is 11.4. The molecule has 3 unspecified atom stereocenters. The predicted octanol–water partition coefficient (Wildman–Crippen LogP) is -1.91. The highest BCUT2D eigenvalue weighted by atomic mass is 16.8. The molecular formula is C38H60O17. The van der Waals surface area contributed by atoms with Crippen molar-refractivity contribution in [2.75, 3.05) is 13.2 Å². The van der Waals surface area contributed by atoms with Crippen molar-refractivity contribution in [2.24, 2.45) is 28.1 Å². The number of carbonyl (C=O) groups excluding carboxylic acids is 1. The van der Waals surface area contributed by atoms with Crippen LogP contribution in [0.25, 0.3) is 0 Å². The van der Waals surface area contributed by atoms with Crippen molar-refractivity contribution in [3.63, 3.8) is 0 Å². The Morgan fingerprint density at radius 3 is 2.00 bits per heavy atom. The predicted molar refractivity (Wildman–Crippen MR) is 185 cm³/mol. The first kappa shape index (κ1) is 41.8. The number of hydrogen-bond acceptors (Lipinski definition) is 17. The van der Waals surface area contributed by atoms with Crippen LogP contribution < -0.4 is 0 Å². The zero-order valence-corrected chi connectivity index (χ0v) is 31.8. The van der Waals surface area contributed by atoms with E-state index < -0.39 is 122 Å². The molecule has 3 heterocycles. The Bertz CT molecular complexity index is 1450.